The van der Waals surface area contributed by atoms with E-state index in [0.717, 1.165) is 11.5 Å². The van der Waals surface area contributed by atoms with Gasteiger partial charge in [-0.2, -0.15) is 25.3 Å². The molecular weight excluding hydrogens is 216 g/mol. The topological polar surface area (TPSA) is 0 Å². The highest BCUT2D eigenvalue weighted by atomic mass is 32.2. The molecule has 3 heteroatoms. The molecule has 1 rings (SSSR count). The monoisotopic (exact) mass is 230 g/mol. The van der Waals surface area contributed by atoms with E-state index in [-0.39, 0.29) is 0 Å². The molecule has 0 saturated heterocycles. The number of thioether (sulfide) groups is 1. The van der Waals surface area contributed by atoms with Gasteiger partial charge in [-0.25, -0.2) is 0 Å². The Labute approximate surface area is 95.3 Å². The standard InChI is InChI=1S/C10H14S3/c1-8-4-2-3-5-10(8)13-7-9(12)6-11/h2-5,9,11-12H,6-7H2,1H3. The molecule has 1 unspecified atom stereocenters. The van der Waals surface area contributed by atoms with Crippen molar-refractivity contribution in [2.75, 3.05) is 11.5 Å². The molecule has 0 N–H and O–H groups in total. The van der Waals surface area contributed by atoms with Crippen LogP contribution in [0.2, 0.25) is 0 Å². The summed E-state index contributed by atoms with van der Waals surface area (Å²) < 4.78 is 0. The van der Waals surface area contributed by atoms with E-state index in [1.807, 2.05) is 11.8 Å². The fourth-order valence-corrected chi connectivity index (χ4v) is 2.44. The van der Waals surface area contributed by atoms with Crippen molar-refractivity contribution in [1.29, 1.82) is 0 Å². The van der Waals surface area contributed by atoms with Gasteiger partial charge < -0.3 is 0 Å². The first-order valence-corrected chi connectivity index (χ1v) is 6.35. The number of rotatable bonds is 4. The molecule has 0 aliphatic heterocycles. The second kappa shape index (κ2) is 5.89. The number of aryl methyl sites for hydroxylation is 1. The van der Waals surface area contributed by atoms with Gasteiger partial charge in [0.1, 0.15) is 0 Å². The summed E-state index contributed by atoms with van der Waals surface area (Å²) in [5.74, 6) is 1.86. The summed E-state index contributed by atoms with van der Waals surface area (Å²) in [7, 11) is 0. The molecule has 0 amide bonds. The Balaban J connectivity index is 2.50. The van der Waals surface area contributed by atoms with Crippen LogP contribution in [-0.4, -0.2) is 16.8 Å². The lowest BCUT2D eigenvalue weighted by atomic mass is 10.2. The van der Waals surface area contributed by atoms with Crippen molar-refractivity contribution < 1.29 is 0 Å². The van der Waals surface area contributed by atoms with E-state index < -0.39 is 0 Å². The van der Waals surface area contributed by atoms with Crippen LogP contribution in [0.25, 0.3) is 0 Å². The lowest BCUT2D eigenvalue weighted by Crippen LogP contribution is -2.03. The molecule has 0 aromatic heterocycles. The highest BCUT2D eigenvalue weighted by Crippen LogP contribution is 2.23. The van der Waals surface area contributed by atoms with Crippen LogP contribution in [0.1, 0.15) is 5.56 Å². The molecular formula is C10H14S3. The molecule has 0 spiro atoms. The average Bonchev–Trinajstić information content (AvgIpc) is 2.16. The summed E-state index contributed by atoms with van der Waals surface area (Å²) in [6.45, 7) is 2.14. The van der Waals surface area contributed by atoms with Gasteiger partial charge >= 0.3 is 0 Å². The third-order valence-electron chi connectivity index (χ3n) is 1.74. The van der Waals surface area contributed by atoms with Crippen molar-refractivity contribution in [1.82, 2.24) is 0 Å². The maximum atomic E-state index is 4.40. The molecule has 0 nitrogen and oxygen atoms in total. The largest absolute Gasteiger partial charge is 0.178 e. The Kier molecular flexibility index (Phi) is 5.14. The van der Waals surface area contributed by atoms with Crippen LogP contribution >= 0.6 is 37.0 Å². The zero-order valence-corrected chi connectivity index (χ0v) is 10.2. The lowest BCUT2D eigenvalue weighted by molar-refractivity contribution is 1.16. The summed E-state index contributed by atoms with van der Waals surface area (Å²) in [4.78, 5) is 1.35. The smallest absolute Gasteiger partial charge is 0.0199 e. The Morgan fingerprint density at radius 1 is 1.38 bits per heavy atom. The predicted octanol–water partition coefficient (Wildman–Crippen LogP) is 3.32. The van der Waals surface area contributed by atoms with Crippen LogP contribution in [0.3, 0.4) is 0 Å². The zero-order valence-electron chi connectivity index (χ0n) is 7.60. The van der Waals surface area contributed by atoms with Crippen LogP contribution in [0.4, 0.5) is 0 Å². The molecule has 0 saturated carbocycles. The third kappa shape index (κ3) is 3.88. The molecule has 1 aromatic rings. The first kappa shape index (κ1) is 11.3. The van der Waals surface area contributed by atoms with E-state index in [4.69, 9.17) is 0 Å². The predicted molar refractivity (Wildman–Crippen MR) is 68.5 cm³/mol. The van der Waals surface area contributed by atoms with Crippen molar-refractivity contribution in [3.05, 3.63) is 29.8 Å². The quantitative estimate of drug-likeness (QED) is 0.591. The first-order chi connectivity index (χ1) is 6.24. The van der Waals surface area contributed by atoms with E-state index in [0.29, 0.717) is 5.25 Å². The van der Waals surface area contributed by atoms with Gasteiger partial charge in [-0.3, -0.25) is 0 Å². The summed E-state index contributed by atoms with van der Waals surface area (Å²) in [6, 6.07) is 8.43. The molecule has 13 heavy (non-hydrogen) atoms. The van der Waals surface area contributed by atoms with E-state index in [9.17, 15) is 0 Å². The number of benzene rings is 1. The van der Waals surface area contributed by atoms with Crippen molar-refractivity contribution in [3.8, 4) is 0 Å². The Hall–Kier alpha value is 0.270. The SMILES string of the molecule is Cc1ccccc1SCC(S)CS. The van der Waals surface area contributed by atoms with Gasteiger partial charge in [0.25, 0.3) is 0 Å². The van der Waals surface area contributed by atoms with Crippen LogP contribution in [-0.2, 0) is 0 Å². The van der Waals surface area contributed by atoms with Crippen molar-refractivity contribution >= 4 is 37.0 Å². The highest BCUT2D eigenvalue weighted by molar-refractivity contribution is 8.00. The minimum absolute atomic E-state index is 0.382. The van der Waals surface area contributed by atoms with Crippen molar-refractivity contribution in [2.24, 2.45) is 0 Å². The molecule has 0 aliphatic carbocycles. The van der Waals surface area contributed by atoms with Crippen molar-refractivity contribution in [3.63, 3.8) is 0 Å². The fourth-order valence-electron chi connectivity index (χ4n) is 0.957. The molecule has 0 fully saturated rings. The van der Waals surface area contributed by atoms with E-state index in [1.165, 1.54) is 10.5 Å². The number of thiol groups is 2. The number of hydrogen-bond donors (Lipinski definition) is 2. The molecule has 1 aromatic carbocycles. The third-order valence-corrected chi connectivity index (χ3v) is 4.41. The van der Waals surface area contributed by atoms with Crippen LogP contribution in [0, 0.1) is 6.92 Å². The van der Waals surface area contributed by atoms with Gasteiger partial charge in [0.15, 0.2) is 0 Å². The highest BCUT2D eigenvalue weighted by Gasteiger charge is 2.02. The normalized spacial score (nSPS) is 12.8. The Morgan fingerprint density at radius 3 is 2.69 bits per heavy atom. The zero-order chi connectivity index (χ0) is 9.68. The fraction of sp³-hybridized carbons (Fsp3) is 0.400. The van der Waals surface area contributed by atoms with Gasteiger partial charge in [0.05, 0.1) is 0 Å². The van der Waals surface area contributed by atoms with Crippen LogP contribution < -0.4 is 0 Å². The summed E-state index contributed by atoms with van der Waals surface area (Å²) in [6.07, 6.45) is 0. The molecule has 0 aliphatic rings. The summed E-state index contributed by atoms with van der Waals surface area (Å²) in [5, 5.41) is 0.382. The number of hydrogen-bond acceptors (Lipinski definition) is 3. The minimum atomic E-state index is 0.382. The molecule has 0 bridgehead atoms. The van der Waals surface area contributed by atoms with Gasteiger partial charge in [-0.05, 0) is 18.6 Å². The van der Waals surface area contributed by atoms with Gasteiger partial charge in [0, 0.05) is 21.7 Å². The molecule has 72 valence electrons. The van der Waals surface area contributed by atoms with Crippen LogP contribution in [0.15, 0.2) is 29.2 Å². The van der Waals surface area contributed by atoms with E-state index in [1.54, 1.807) is 0 Å². The maximum absolute atomic E-state index is 4.40. The first-order valence-electron chi connectivity index (χ1n) is 4.21. The summed E-state index contributed by atoms with van der Waals surface area (Å²) in [5.41, 5.74) is 1.34. The van der Waals surface area contributed by atoms with E-state index in [2.05, 4.69) is 56.4 Å². The van der Waals surface area contributed by atoms with Gasteiger partial charge in [0.2, 0.25) is 0 Å². The minimum Gasteiger partial charge on any atom is -0.178 e. The molecule has 1 atom stereocenters. The Bertz CT molecular complexity index is 260. The maximum Gasteiger partial charge on any atom is 0.0199 e. The summed E-state index contributed by atoms with van der Waals surface area (Å²) >= 11 is 10.4. The van der Waals surface area contributed by atoms with Gasteiger partial charge in [-0.15, -0.1) is 11.8 Å². The van der Waals surface area contributed by atoms with Crippen molar-refractivity contribution in [2.45, 2.75) is 17.1 Å². The molecule has 0 radical (unpaired) electrons. The second-order valence-electron chi connectivity index (χ2n) is 2.91. The lowest BCUT2D eigenvalue weighted by Gasteiger charge is -2.08. The van der Waals surface area contributed by atoms with E-state index >= 15 is 0 Å². The second-order valence-corrected chi connectivity index (χ2v) is 5.07. The Morgan fingerprint density at radius 2 is 2.08 bits per heavy atom. The molecule has 0 heterocycles. The average molecular weight is 230 g/mol. The van der Waals surface area contributed by atoms with Gasteiger partial charge in [-0.1, -0.05) is 18.2 Å². The van der Waals surface area contributed by atoms with Crippen LogP contribution in [0.5, 0.6) is 0 Å².